The van der Waals surface area contributed by atoms with Crippen molar-refractivity contribution in [2.24, 2.45) is 0 Å². The number of nitrogens with one attached hydrogen (secondary N) is 1. The number of carboxylic acid groups (broad SMARTS) is 1. The van der Waals surface area contributed by atoms with E-state index in [1.807, 2.05) is 6.92 Å². The number of benzene rings is 1. The first-order valence-electron chi connectivity index (χ1n) is 4.46. The lowest BCUT2D eigenvalue weighted by molar-refractivity contribution is 0.0697. The lowest BCUT2D eigenvalue weighted by Crippen LogP contribution is -2.11. The third-order valence-corrected chi connectivity index (χ3v) is 2.61. The summed E-state index contributed by atoms with van der Waals surface area (Å²) in [5, 5.41) is 11.9. The number of halogens is 1. The van der Waals surface area contributed by atoms with Gasteiger partial charge in [-0.15, -0.1) is 6.58 Å². The fraction of sp³-hybridized carbons (Fsp3) is 0.182. The first-order valence-corrected chi connectivity index (χ1v) is 5.26. The summed E-state index contributed by atoms with van der Waals surface area (Å²) in [6.07, 6.45) is 1.78. The predicted molar refractivity (Wildman–Crippen MR) is 64.4 cm³/mol. The Morgan fingerprint density at radius 3 is 2.80 bits per heavy atom. The van der Waals surface area contributed by atoms with Crippen molar-refractivity contribution in [3.8, 4) is 0 Å². The molecule has 1 unspecified atom stereocenters. The van der Waals surface area contributed by atoms with Gasteiger partial charge in [-0.25, -0.2) is 4.79 Å². The molecule has 80 valence electrons. The third kappa shape index (κ3) is 3.09. The topological polar surface area (TPSA) is 49.3 Å². The van der Waals surface area contributed by atoms with Crippen molar-refractivity contribution in [1.82, 2.24) is 0 Å². The first kappa shape index (κ1) is 11.8. The van der Waals surface area contributed by atoms with E-state index in [2.05, 4.69) is 27.8 Å². The van der Waals surface area contributed by atoms with Gasteiger partial charge in [0, 0.05) is 16.2 Å². The maximum Gasteiger partial charge on any atom is 0.335 e. The van der Waals surface area contributed by atoms with E-state index in [-0.39, 0.29) is 11.6 Å². The molecule has 0 aliphatic rings. The highest BCUT2D eigenvalue weighted by atomic mass is 79.9. The molecule has 0 heterocycles. The molecule has 15 heavy (non-hydrogen) atoms. The first-order chi connectivity index (χ1) is 7.04. The Hall–Kier alpha value is -1.29. The van der Waals surface area contributed by atoms with Crippen LogP contribution in [-0.4, -0.2) is 17.1 Å². The zero-order valence-corrected chi connectivity index (χ0v) is 9.91. The van der Waals surface area contributed by atoms with Gasteiger partial charge in [0.2, 0.25) is 0 Å². The lowest BCUT2D eigenvalue weighted by atomic mass is 10.2. The largest absolute Gasteiger partial charge is 0.478 e. The van der Waals surface area contributed by atoms with Crippen LogP contribution in [0.25, 0.3) is 0 Å². The second-order valence-corrected chi connectivity index (χ2v) is 4.02. The lowest BCUT2D eigenvalue weighted by Gasteiger charge is -2.12. The maximum atomic E-state index is 10.7. The van der Waals surface area contributed by atoms with Gasteiger partial charge >= 0.3 is 5.97 Å². The summed E-state index contributed by atoms with van der Waals surface area (Å²) in [5.74, 6) is -0.931. The van der Waals surface area contributed by atoms with Crippen molar-refractivity contribution >= 4 is 27.6 Å². The number of hydrogen-bond acceptors (Lipinski definition) is 2. The van der Waals surface area contributed by atoms with Crippen molar-refractivity contribution in [2.45, 2.75) is 13.0 Å². The molecule has 2 N–H and O–H groups in total. The van der Waals surface area contributed by atoms with Gasteiger partial charge in [-0.05, 0) is 41.1 Å². The van der Waals surface area contributed by atoms with Gasteiger partial charge in [0.25, 0.3) is 0 Å². The molecular formula is C11H12BrNO2. The normalized spacial score (nSPS) is 11.9. The summed E-state index contributed by atoms with van der Waals surface area (Å²) in [5.41, 5.74) is 1.12. The molecule has 1 aromatic carbocycles. The molecule has 1 rings (SSSR count). The Kier molecular flexibility index (Phi) is 3.91. The van der Waals surface area contributed by atoms with Crippen molar-refractivity contribution < 1.29 is 9.90 Å². The summed E-state index contributed by atoms with van der Waals surface area (Å²) < 4.78 is 0.733. The zero-order valence-electron chi connectivity index (χ0n) is 8.33. The molecule has 4 heteroatoms. The molecule has 1 aromatic rings. The number of hydrogen-bond donors (Lipinski definition) is 2. The molecular weight excluding hydrogens is 258 g/mol. The minimum absolute atomic E-state index is 0.136. The molecule has 0 saturated heterocycles. The monoisotopic (exact) mass is 269 g/mol. The van der Waals surface area contributed by atoms with E-state index in [4.69, 9.17) is 5.11 Å². The third-order valence-electron chi connectivity index (χ3n) is 1.95. The van der Waals surface area contributed by atoms with E-state index in [1.165, 1.54) is 0 Å². The molecule has 1 atom stereocenters. The van der Waals surface area contributed by atoms with Gasteiger partial charge in [0.15, 0.2) is 0 Å². The summed E-state index contributed by atoms with van der Waals surface area (Å²) in [6.45, 7) is 5.62. The minimum atomic E-state index is -0.931. The van der Waals surface area contributed by atoms with Crippen molar-refractivity contribution in [2.75, 3.05) is 5.32 Å². The SMILES string of the molecule is C=CC(C)Nc1ccc(C(=O)O)cc1Br. The van der Waals surface area contributed by atoms with Gasteiger partial charge in [-0.3, -0.25) is 0 Å². The quantitative estimate of drug-likeness (QED) is 0.826. The Morgan fingerprint density at radius 1 is 1.67 bits per heavy atom. The highest BCUT2D eigenvalue weighted by molar-refractivity contribution is 9.10. The number of aromatic carboxylic acids is 1. The predicted octanol–water partition coefficient (Wildman–Crippen LogP) is 3.13. The number of carboxylic acids is 1. The van der Waals surface area contributed by atoms with Crippen LogP contribution in [0.5, 0.6) is 0 Å². The molecule has 3 nitrogen and oxygen atoms in total. The van der Waals surface area contributed by atoms with Crippen LogP contribution >= 0.6 is 15.9 Å². The molecule has 0 amide bonds. The van der Waals surface area contributed by atoms with Gasteiger partial charge < -0.3 is 10.4 Å². The van der Waals surface area contributed by atoms with Gasteiger partial charge in [0.05, 0.1) is 5.56 Å². The summed E-state index contributed by atoms with van der Waals surface area (Å²) in [6, 6.07) is 5.00. The van der Waals surface area contributed by atoms with E-state index in [1.54, 1.807) is 24.3 Å². The van der Waals surface area contributed by atoms with E-state index in [0.717, 1.165) is 10.2 Å². The van der Waals surface area contributed by atoms with Crippen LogP contribution in [0.4, 0.5) is 5.69 Å². The fourth-order valence-corrected chi connectivity index (χ4v) is 1.56. The van der Waals surface area contributed by atoms with Crippen LogP contribution in [0, 0.1) is 0 Å². The Balaban J connectivity index is 2.93. The van der Waals surface area contributed by atoms with Crippen LogP contribution in [0.15, 0.2) is 35.3 Å². The van der Waals surface area contributed by atoms with Crippen LogP contribution in [0.1, 0.15) is 17.3 Å². The minimum Gasteiger partial charge on any atom is -0.478 e. The number of carbonyl (C=O) groups is 1. The molecule has 0 aliphatic carbocycles. The van der Waals surface area contributed by atoms with Gasteiger partial charge in [0.1, 0.15) is 0 Å². The van der Waals surface area contributed by atoms with E-state index >= 15 is 0 Å². The maximum absolute atomic E-state index is 10.7. The summed E-state index contributed by atoms with van der Waals surface area (Å²) in [7, 11) is 0. The molecule has 0 spiro atoms. The van der Waals surface area contributed by atoms with Crippen LogP contribution in [0.2, 0.25) is 0 Å². The van der Waals surface area contributed by atoms with E-state index in [0.29, 0.717) is 0 Å². The standard InChI is InChI=1S/C11H12BrNO2/c1-3-7(2)13-10-5-4-8(11(14)15)6-9(10)12/h3-7,13H,1H2,2H3,(H,14,15). The average Bonchev–Trinajstić information content (AvgIpc) is 2.20. The second kappa shape index (κ2) is 4.98. The Morgan fingerprint density at radius 2 is 2.33 bits per heavy atom. The smallest absolute Gasteiger partial charge is 0.335 e. The fourth-order valence-electron chi connectivity index (χ4n) is 1.07. The number of anilines is 1. The van der Waals surface area contributed by atoms with Crippen LogP contribution in [-0.2, 0) is 0 Å². The summed E-state index contributed by atoms with van der Waals surface area (Å²) >= 11 is 3.31. The highest BCUT2D eigenvalue weighted by Gasteiger charge is 2.07. The molecule has 0 radical (unpaired) electrons. The Bertz CT molecular complexity index is 390. The summed E-state index contributed by atoms with van der Waals surface area (Å²) in [4.78, 5) is 10.7. The van der Waals surface area contributed by atoms with E-state index < -0.39 is 5.97 Å². The Labute approximate surface area is 96.9 Å². The van der Waals surface area contributed by atoms with Crippen molar-refractivity contribution in [1.29, 1.82) is 0 Å². The average molecular weight is 270 g/mol. The van der Waals surface area contributed by atoms with E-state index in [9.17, 15) is 4.79 Å². The number of rotatable bonds is 4. The molecule has 0 aliphatic heterocycles. The molecule has 0 fully saturated rings. The van der Waals surface area contributed by atoms with Crippen LogP contribution < -0.4 is 5.32 Å². The molecule has 0 bridgehead atoms. The second-order valence-electron chi connectivity index (χ2n) is 3.17. The highest BCUT2D eigenvalue weighted by Crippen LogP contribution is 2.24. The van der Waals surface area contributed by atoms with Crippen LogP contribution in [0.3, 0.4) is 0 Å². The van der Waals surface area contributed by atoms with Gasteiger partial charge in [-0.1, -0.05) is 6.08 Å². The molecule has 0 aromatic heterocycles. The molecule has 0 saturated carbocycles. The zero-order chi connectivity index (χ0) is 11.4. The van der Waals surface area contributed by atoms with Crippen molar-refractivity contribution in [3.63, 3.8) is 0 Å². The van der Waals surface area contributed by atoms with Gasteiger partial charge in [-0.2, -0.15) is 0 Å². The van der Waals surface area contributed by atoms with Crippen molar-refractivity contribution in [3.05, 3.63) is 40.9 Å².